The van der Waals surface area contributed by atoms with Crippen molar-refractivity contribution in [3.05, 3.63) is 36.0 Å². The number of methoxy groups -OCH3 is 1. The molecule has 1 saturated heterocycles. The fourth-order valence-corrected chi connectivity index (χ4v) is 3.67. The molecule has 1 atom stereocenters. The Balaban J connectivity index is 1.96. The quantitative estimate of drug-likeness (QED) is 0.873. The van der Waals surface area contributed by atoms with E-state index in [-0.39, 0.29) is 24.3 Å². The molecule has 0 bridgehead atoms. The van der Waals surface area contributed by atoms with E-state index < -0.39 is 0 Å². The number of hydrogen-bond acceptors (Lipinski definition) is 3. The summed E-state index contributed by atoms with van der Waals surface area (Å²) in [6.07, 6.45) is 3.03. The zero-order valence-corrected chi connectivity index (χ0v) is 14.6. The van der Waals surface area contributed by atoms with E-state index in [9.17, 15) is 9.59 Å². The number of ether oxygens (including phenoxy) is 1. The van der Waals surface area contributed by atoms with Gasteiger partial charge in [0.15, 0.2) is 0 Å². The minimum absolute atomic E-state index is 0.0294. The third kappa shape index (κ3) is 3.69. The number of amides is 2. The summed E-state index contributed by atoms with van der Waals surface area (Å²) in [4.78, 5) is 26.5. The lowest BCUT2D eigenvalue weighted by Crippen LogP contribution is -2.46. The van der Waals surface area contributed by atoms with Crippen LogP contribution in [0.3, 0.4) is 0 Å². The largest absolute Gasteiger partial charge is 0.383 e. The number of rotatable bonds is 6. The Morgan fingerprint density at radius 2 is 2.08 bits per heavy atom. The molecule has 3 rings (SSSR count). The summed E-state index contributed by atoms with van der Waals surface area (Å²) < 4.78 is 7.22. The van der Waals surface area contributed by atoms with Crippen molar-refractivity contribution in [1.82, 2.24) is 9.47 Å². The van der Waals surface area contributed by atoms with Gasteiger partial charge in [-0.15, -0.1) is 0 Å². The Bertz CT molecular complexity index is 768. The third-order valence-electron chi connectivity index (χ3n) is 4.87. The molecule has 134 valence electrons. The van der Waals surface area contributed by atoms with Gasteiger partial charge >= 0.3 is 0 Å². The summed E-state index contributed by atoms with van der Waals surface area (Å²) in [6.45, 7) is 1.81. The lowest BCUT2D eigenvalue weighted by atomic mass is 9.98. The number of benzene rings is 1. The van der Waals surface area contributed by atoms with Crippen LogP contribution in [-0.4, -0.2) is 47.6 Å². The smallest absolute Gasteiger partial charge is 0.270 e. The van der Waals surface area contributed by atoms with Crippen molar-refractivity contribution in [2.75, 3.05) is 20.3 Å². The summed E-state index contributed by atoms with van der Waals surface area (Å²) in [5.41, 5.74) is 7.05. The van der Waals surface area contributed by atoms with Crippen molar-refractivity contribution >= 4 is 22.7 Å². The third-order valence-corrected chi connectivity index (χ3v) is 4.87. The minimum atomic E-state index is -0.357. The number of nitrogens with two attached hydrogens (primary N) is 1. The Labute approximate surface area is 147 Å². The zero-order valence-electron chi connectivity index (χ0n) is 14.6. The first-order valence-electron chi connectivity index (χ1n) is 8.78. The first-order chi connectivity index (χ1) is 12.1. The van der Waals surface area contributed by atoms with E-state index in [1.54, 1.807) is 7.11 Å². The van der Waals surface area contributed by atoms with E-state index in [1.807, 2.05) is 39.8 Å². The molecule has 0 saturated carbocycles. The van der Waals surface area contributed by atoms with Crippen molar-refractivity contribution in [2.45, 2.75) is 38.3 Å². The Morgan fingerprint density at radius 3 is 2.84 bits per heavy atom. The van der Waals surface area contributed by atoms with Crippen LogP contribution in [0.15, 0.2) is 30.3 Å². The van der Waals surface area contributed by atoms with Gasteiger partial charge in [0.1, 0.15) is 5.69 Å². The number of hydrogen-bond donors (Lipinski definition) is 1. The number of piperidine rings is 1. The van der Waals surface area contributed by atoms with E-state index in [0.717, 1.165) is 30.2 Å². The second-order valence-electron chi connectivity index (χ2n) is 6.55. The number of likely N-dealkylation sites (tertiary alicyclic amines) is 1. The van der Waals surface area contributed by atoms with Crippen molar-refractivity contribution in [3.63, 3.8) is 0 Å². The number of para-hydroxylation sites is 1. The van der Waals surface area contributed by atoms with Gasteiger partial charge in [-0.05, 0) is 31.4 Å². The van der Waals surface area contributed by atoms with E-state index in [4.69, 9.17) is 10.5 Å². The molecule has 0 spiro atoms. The fraction of sp³-hybridized carbons (Fsp3) is 0.474. The predicted molar refractivity (Wildman–Crippen MR) is 96.3 cm³/mol. The molecule has 1 fully saturated rings. The molecule has 0 unspecified atom stereocenters. The summed E-state index contributed by atoms with van der Waals surface area (Å²) >= 11 is 0. The van der Waals surface area contributed by atoms with Crippen LogP contribution in [0.2, 0.25) is 0 Å². The van der Waals surface area contributed by atoms with Gasteiger partial charge in [0.05, 0.1) is 6.61 Å². The molecule has 0 radical (unpaired) electrons. The highest BCUT2D eigenvalue weighted by atomic mass is 16.5. The van der Waals surface area contributed by atoms with E-state index >= 15 is 0 Å². The molecule has 25 heavy (non-hydrogen) atoms. The second-order valence-corrected chi connectivity index (χ2v) is 6.55. The van der Waals surface area contributed by atoms with Crippen molar-refractivity contribution in [2.24, 2.45) is 5.73 Å². The molecule has 1 aliphatic heterocycles. The highest BCUT2D eigenvalue weighted by Crippen LogP contribution is 2.25. The molecule has 0 aliphatic carbocycles. The number of nitrogens with zero attached hydrogens (tertiary/aromatic N) is 2. The van der Waals surface area contributed by atoms with Gasteiger partial charge in [0.25, 0.3) is 5.91 Å². The Hall–Kier alpha value is -2.34. The first kappa shape index (κ1) is 17.5. The average Bonchev–Trinajstić information content (AvgIpc) is 2.98. The second kappa shape index (κ2) is 7.70. The molecule has 1 aliphatic rings. The van der Waals surface area contributed by atoms with Crippen molar-refractivity contribution in [1.29, 1.82) is 0 Å². The molecule has 2 heterocycles. The van der Waals surface area contributed by atoms with Crippen LogP contribution in [0.1, 0.15) is 36.2 Å². The molecule has 1 aromatic heterocycles. The van der Waals surface area contributed by atoms with Crippen LogP contribution in [0.5, 0.6) is 0 Å². The maximum absolute atomic E-state index is 13.3. The van der Waals surface area contributed by atoms with Gasteiger partial charge in [-0.1, -0.05) is 18.2 Å². The average molecular weight is 343 g/mol. The lowest BCUT2D eigenvalue weighted by molar-refractivity contribution is -0.119. The normalized spacial score (nSPS) is 17.8. The van der Waals surface area contributed by atoms with Gasteiger partial charge in [0, 0.05) is 43.6 Å². The number of aromatic nitrogens is 1. The number of primary amides is 1. The molecule has 2 amide bonds. The van der Waals surface area contributed by atoms with Gasteiger partial charge in [0.2, 0.25) is 5.91 Å². The van der Waals surface area contributed by atoms with Crippen molar-refractivity contribution < 1.29 is 14.3 Å². The van der Waals surface area contributed by atoms with Gasteiger partial charge in [-0.25, -0.2) is 0 Å². The summed E-state index contributed by atoms with van der Waals surface area (Å²) in [7, 11) is 1.65. The van der Waals surface area contributed by atoms with Crippen LogP contribution in [0.4, 0.5) is 0 Å². The zero-order chi connectivity index (χ0) is 17.8. The fourth-order valence-electron chi connectivity index (χ4n) is 3.67. The van der Waals surface area contributed by atoms with Crippen molar-refractivity contribution in [3.8, 4) is 0 Å². The lowest BCUT2D eigenvalue weighted by Gasteiger charge is -2.35. The summed E-state index contributed by atoms with van der Waals surface area (Å²) in [5, 5.41) is 1.03. The van der Waals surface area contributed by atoms with Crippen LogP contribution < -0.4 is 5.73 Å². The van der Waals surface area contributed by atoms with E-state index in [1.165, 1.54) is 0 Å². The van der Waals surface area contributed by atoms with Gasteiger partial charge in [-0.3, -0.25) is 9.59 Å². The van der Waals surface area contributed by atoms with Crippen LogP contribution in [0, 0.1) is 0 Å². The van der Waals surface area contributed by atoms with E-state index in [2.05, 4.69) is 0 Å². The van der Waals surface area contributed by atoms with Gasteiger partial charge < -0.3 is 19.9 Å². The molecular formula is C19H25N3O3. The maximum Gasteiger partial charge on any atom is 0.270 e. The molecule has 6 nitrogen and oxygen atoms in total. The number of fused-ring (bicyclic) bond motifs is 1. The number of carbonyl (C=O) groups is 2. The summed E-state index contributed by atoms with van der Waals surface area (Å²) in [5.74, 6) is -0.386. The molecular weight excluding hydrogens is 318 g/mol. The highest BCUT2D eigenvalue weighted by molar-refractivity contribution is 5.99. The minimum Gasteiger partial charge on any atom is -0.383 e. The van der Waals surface area contributed by atoms with Crippen LogP contribution in [0.25, 0.3) is 10.9 Å². The van der Waals surface area contributed by atoms with Crippen LogP contribution in [-0.2, 0) is 16.1 Å². The standard InChI is InChI=1S/C19H25N3O3/c1-25-11-10-22-16-8-3-2-6-14(16)12-17(22)19(24)21-9-5-4-7-15(21)13-18(20)23/h2-3,6,8,12,15H,4-5,7,9-11,13H2,1H3,(H2,20,23)/t15-/m0/s1. The van der Waals surface area contributed by atoms with Crippen LogP contribution >= 0.6 is 0 Å². The SMILES string of the molecule is COCCn1c(C(=O)N2CCCC[C@H]2CC(N)=O)cc2ccccc21. The maximum atomic E-state index is 13.3. The highest BCUT2D eigenvalue weighted by Gasteiger charge is 2.30. The van der Waals surface area contributed by atoms with Gasteiger partial charge in [-0.2, -0.15) is 0 Å². The van der Waals surface area contributed by atoms with E-state index in [0.29, 0.717) is 25.4 Å². The predicted octanol–water partition coefficient (Wildman–Crippen LogP) is 2.16. The monoisotopic (exact) mass is 343 g/mol. The Morgan fingerprint density at radius 1 is 1.28 bits per heavy atom. The molecule has 1 aromatic carbocycles. The summed E-state index contributed by atoms with van der Waals surface area (Å²) in [6, 6.07) is 9.78. The molecule has 6 heteroatoms. The topological polar surface area (TPSA) is 77.6 Å². The number of carbonyl (C=O) groups excluding carboxylic acids is 2. The molecule has 2 aromatic rings. The first-order valence-corrected chi connectivity index (χ1v) is 8.78. The Kier molecular flexibility index (Phi) is 5.38. The molecule has 2 N–H and O–H groups in total.